The van der Waals surface area contributed by atoms with E-state index in [0.717, 1.165) is 33.3 Å². The molecule has 7 nitrogen and oxygen atoms in total. The van der Waals surface area contributed by atoms with E-state index in [1.807, 2.05) is 19.9 Å². The number of carbonyl (C=O) groups is 1. The van der Waals surface area contributed by atoms with E-state index in [-0.39, 0.29) is 12.0 Å². The Hall–Kier alpha value is -3.21. The number of amides is 2. The van der Waals surface area contributed by atoms with Crippen molar-refractivity contribution in [2.45, 2.75) is 26.6 Å². The molecule has 0 aliphatic heterocycles. The summed E-state index contributed by atoms with van der Waals surface area (Å²) < 4.78 is 38.6. The van der Waals surface area contributed by atoms with Gasteiger partial charge in [-0.3, -0.25) is 0 Å². The highest BCUT2D eigenvalue weighted by Crippen LogP contribution is 2.31. The Morgan fingerprint density at radius 2 is 1.97 bits per heavy atom. The molecule has 0 unspecified atom stereocenters. The van der Waals surface area contributed by atoms with Crippen molar-refractivity contribution in [2.24, 2.45) is 0 Å². The van der Waals surface area contributed by atoms with Gasteiger partial charge in [0, 0.05) is 24.6 Å². The van der Waals surface area contributed by atoms with Crippen LogP contribution in [0.2, 0.25) is 0 Å². The lowest BCUT2D eigenvalue weighted by Crippen LogP contribution is -2.34. The number of alkyl halides is 3. The molecule has 0 bridgehead atoms. The van der Waals surface area contributed by atoms with Gasteiger partial charge in [-0.2, -0.15) is 13.2 Å². The maximum atomic E-state index is 12.9. The number of aromatic nitrogens is 3. The number of aryl methyl sites for hydroxylation is 1. The average Bonchev–Trinajstić information content (AvgIpc) is 3.15. The number of hydrogen-bond donors (Lipinski definition) is 3. The van der Waals surface area contributed by atoms with E-state index in [1.165, 1.54) is 11.3 Å². The predicted octanol–water partition coefficient (Wildman–Crippen LogP) is 4.49. The first-order chi connectivity index (χ1) is 14.2. The van der Waals surface area contributed by atoms with Gasteiger partial charge in [-0.05, 0) is 43.2 Å². The van der Waals surface area contributed by atoms with Crippen LogP contribution in [0.25, 0.3) is 10.4 Å². The summed E-state index contributed by atoms with van der Waals surface area (Å²) in [4.78, 5) is 24.1. The van der Waals surface area contributed by atoms with Gasteiger partial charge in [0.1, 0.15) is 10.7 Å². The van der Waals surface area contributed by atoms with Gasteiger partial charge < -0.3 is 16.0 Å². The lowest BCUT2D eigenvalue weighted by molar-refractivity contribution is -0.141. The molecule has 3 aromatic rings. The van der Waals surface area contributed by atoms with Gasteiger partial charge in [-0.1, -0.05) is 6.07 Å². The number of nitrogens with one attached hydrogen (secondary N) is 3. The highest BCUT2D eigenvalue weighted by atomic mass is 32.1. The van der Waals surface area contributed by atoms with Crippen molar-refractivity contribution in [3.8, 4) is 10.4 Å². The number of urea groups is 1. The lowest BCUT2D eigenvalue weighted by Gasteiger charge is -2.10. The molecule has 1 aromatic carbocycles. The van der Waals surface area contributed by atoms with Crippen molar-refractivity contribution in [3.05, 3.63) is 52.9 Å². The second-order valence-electron chi connectivity index (χ2n) is 6.31. The fraction of sp³-hybridized carbons (Fsp3) is 0.263. The van der Waals surface area contributed by atoms with Crippen molar-refractivity contribution in [3.63, 3.8) is 0 Å². The Morgan fingerprint density at radius 1 is 1.17 bits per heavy atom. The maximum Gasteiger partial charge on any atom is 0.433 e. The minimum atomic E-state index is -4.54. The van der Waals surface area contributed by atoms with Gasteiger partial charge >= 0.3 is 12.2 Å². The van der Waals surface area contributed by atoms with E-state index < -0.39 is 11.9 Å². The van der Waals surface area contributed by atoms with E-state index in [0.29, 0.717) is 18.8 Å². The Balaban J connectivity index is 1.77. The molecule has 0 fully saturated rings. The zero-order valence-corrected chi connectivity index (χ0v) is 17.0. The molecule has 0 saturated heterocycles. The smallest absolute Gasteiger partial charge is 0.338 e. The average molecular weight is 436 g/mol. The molecular weight excluding hydrogens is 417 g/mol. The Kier molecular flexibility index (Phi) is 6.50. The fourth-order valence-corrected chi connectivity index (χ4v) is 3.45. The minimum absolute atomic E-state index is 0.141. The van der Waals surface area contributed by atoms with Crippen LogP contribution in [-0.4, -0.2) is 27.5 Å². The Morgan fingerprint density at radius 3 is 2.70 bits per heavy atom. The number of halogens is 3. The van der Waals surface area contributed by atoms with Crippen LogP contribution < -0.4 is 16.0 Å². The summed E-state index contributed by atoms with van der Waals surface area (Å²) >= 11 is 1.41. The molecule has 11 heteroatoms. The van der Waals surface area contributed by atoms with Crippen molar-refractivity contribution >= 4 is 29.0 Å². The molecular formula is C19H19F3N6OS. The van der Waals surface area contributed by atoms with Crippen LogP contribution in [-0.2, 0) is 12.7 Å². The predicted molar refractivity (Wildman–Crippen MR) is 109 cm³/mol. The van der Waals surface area contributed by atoms with Gasteiger partial charge in [0.2, 0.25) is 5.95 Å². The summed E-state index contributed by atoms with van der Waals surface area (Å²) in [6.07, 6.45) is -1.79. The van der Waals surface area contributed by atoms with Crippen LogP contribution in [0.1, 0.15) is 23.2 Å². The molecule has 2 amide bonds. The van der Waals surface area contributed by atoms with Gasteiger partial charge in [-0.15, -0.1) is 11.3 Å². The number of benzene rings is 1. The van der Waals surface area contributed by atoms with Gasteiger partial charge in [0.05, 0.1) is 11.4 Å². The molecule has 0 saturated carbocycles. The SMILES string of the molecule is CCNC(=O)NCc1ncc(-c2cc(C)cc(Nc3nccc(C(F)(F)F)n3)c2)s1. The molecule has 3 rings (SSSR count). The maximum absolute atomic E-state index is 12.9. The summed E-state index contributed by atoms with van der Waals surface area (Å²) in [5.41, 5.74) is 1.28. The highest BCUT2D eigenvalue weighted by Gasteiger charge is 2.32. The highest BCUT2D eigenvalue weighted by molar-refractivity contribution is 7.15. The molecule has 0 radical (unpaired) electrons. The third-order valence-electron chi connectivity index (χ3n) is 3.86. The molecule has 0 atom stereocenters. The standard InChI is InChI=1S/C19H19F3N6OS/c1-3-23-18(29)26-10-16-25-9-14(30-16)12-6-11(2)7-13(8-12)27-17-24-5-4-15(28-17)19(20,21)22/h4-9H,3,10H2,1-2H3,(H2,23,26,29)(H,24,27,28). The topological polar surface area (TPSA) is 91.8 Å². The van der Waals surface area contributed by atoms with Crippen LogP contribution in [0.5, 0.6) is 0 Å². The van der Waals surface area contributed by atoms with E-state index in [1.54, 1.807) is 18.3 Å². The largest absolute Gasteiger partial charge is 0.433 e. The monoisotopic (exact) mass is 436 g/mol. The van der Waals surface area contributed by atoms with Crippen LogP contribution in [0.3, 0.4) is 0 Å². The zero-order chi connectivity index (χ0) is 21.7. The van der Waals surface area contributed by atoms with Crippen LogP contribution in [0, 0.1) is 6.92 Å². The van der Waals surface area contributed by atoms with Crippen molar-refractivity contribution < 1.29 is 18.0 Å². The molecule has 0 spiro atoms. The van der Waals surface area contributed by atoms with E-state index in [4.69, 9.17) is 0 Å². The molecule has 30 heavy (non-hydrogen) atoms. The van der Waals surface area contributed by atoms with Gasteiger partial charge in [0.25, 0.3) is 0 Å². The van der Waals surface area contributed by atoms with Crippen LogP contribution in [0.15, 0.2) is 36.7 Å². The number of anilines is 2. The molecule has 3 N–H and O–H groups in total. The molecule has 2 aromatic heterocycles. The van der Waals surface area contributed by atoms with Crippen molar-refractivity contribution in [2.75, 3.05) is 11.9 Å². The minimum Gasteiger partial charge on any atom is -0.338 e. The Bertz CT molecular complexity index is 1040. The number of nitrogens with zero attached hydrogens (tertiary/aromatic N) is 3. The lowest BCUT2D eigenvalue weighted by atomic mass is 10.1. The van der Waals surface area contributed by atoms with Gasteiger partial charge in [0.15, 0.2) is 0 Å². The normalized spacial score (nSPS) is 11.2. The number of hydrogen-bond acceptors (Lipinski definition) is 6. The third kappa shape index (κ3) is 5.66. The summed E-state index contributed by atoms with van der Waals surface area (Å²) in [6.45, 7) is 4.53. The summed E-state index contributed by atoms with van der Waals surface area (Å²) in [5, 5.41) is 8.91. The number of carbonyl (C=O) groups excluding carboxylic acids is 1. The fourth-order valence-electron chi connectivity index (χ4n) is 2.61. The molecule has 158 valence electrons. The van der Waals surface area contributed by atoms with E-state index >= 15 is 0 Å². The first-order valence-electron chi connectivity index (χ1n) is 9.00. The molecule has 2 heterocycles. The second kappa shape index (κ2) is 9.08. The van der Waals surface area contributed by atoms with Crippen LogP contribution in [0.4, 0.5) is 29.6 Å². The zero-order valence-electron chi connectivity index (χ0n) is 16.2. The van der Waals surface area contributed by atoms with Crippen LogP contribution >= 0.6 is 11.3 Å². The second-order valence-corrected chi connectivity index (χ2v) is 7.42. The number of thiazole rings is 1. The van der Waals surface area contributed by atoms with E-state index in [9.17, 15) is 18.0 Å². The summed E-state index contributed by atoms with van der Waals surface area (Å²) in [7, 11) is 0. The summed E-state index contributed by atoms with van der Waals surface area (Å²) in [6, 6.07) is 6.06. The van der Waals surface area contributed by atoms with Crippen molar-refractivity contribution in [1.82, 2.24) is 25.6 Å². The first-order valence-corrected chi connectivity index (χ1v) is 9.82. The number of rotatable bonds is 6. The third-order valence-corrected chi connectivity index (χ3v) is 4.90. The van der Waals surface area contributed by atoms with Crippen molar-refractivity contribution in [1.29, 1.82) is 0 Å². The summed E-state index contributed by atoms with van der Waals surface area (Å²) in [5.74, 6) is -0.141. The first kappa shape index (κ1) is 21.5. The Labute approximate surface area is 174 Å². The van der Waals surface area contributed by atoms with E-state index in [2.05, 4.69) is 30.9 Å². The molecule has 0 aliphatic rings. The quantitative estimate of drug-likeness (QED) is 0.530. The van der Waals surface area contributed by atoms with Gasteiger partial charge in [-0.25, -0.2) is 19.7 Å². The molecule has 0 aliphatic carbocycles.